The van der Waals surface area contributed by atoms with E-state index < -0.39 is 11.7 Å². The molecule has 0 aliphatic carbocycles. The lowest BCUT2D eigenvalue weighted by Crippen LogP contribution is -2.34. The molecule has 0 spiro atoms. The molecule has 0 fully saturated rings. The largest absolute Gasteiger partial charge is 0.350 e. The van der Waals surface area contributed by atoms with Crippen LogP contribution in [0.15, 0.2) is 42.5 Å². The first kappa shape index (κ1) is 17.2. The number of halogens is 3. The summed E-state index contributed by atoms with van der Waals surface area (Å²) < 4.78 is 13.0. The molecule has 0 atom stereocenters. The van der Waals surface area contributed by atoms with E-state index in [0.29, 0.717) is 10.6 Å². The molecule has 120 valence electrons. The first-order valence-corrected chi connectivity index (χ1v) is 7.50. The number of carbonyl (C=O) groups is 2. The monoisotopic (exact) mass is 354 g/mol. The van der Waals surface area contributed by atoms with Gasteiger partial charge in [-0.05, 0) is 36.4 Å². The average molecular weight is 355 g/mol. The number of hydrogen-bond donors (Lipinski definition) is 2. The first-order chi connectivity index (χ1) is 11.0. The van der Waals surface area contributed by atoms with Crippen molar-refractivity contribution in [3.63, 3.8) is 0 Å². The van der Waals surface area contributed by atoms with Crippen molar-refractivity contribution in [2.45, 2.75) is 0 Å². The van der Waals surface area contributed by atoms with Crippen molar-refractivity contribution >= 4 is 35.0 Å². The van der Waals surface area contributed by atoms with Crippen LogP contribution in [-0.2, 0) is 0 Å². The van der Waals surface area contributed by atoms with Crippen molar-refractivity contribution in [1.82, 2.24) is 10.6 Å². The fraction of sp³-hybridized carbons (Fsp3) is 0.125. The Hall–Kier alpha value is -2.11. The van der Waals surface area contributed by atoms with Crippen molar-refractivity contribution in [2.75, 3.05) is 13.1 Å². The Morgan fingerprint density at radius 1 is 0.957 bits per heavy atom. The molecular formula is C16H13Cl2FN2O2. The van der Waals surface area contributed by atoms with Crippen LogP contribution in [0.2, 0.25) is 10.0 Å². The molecule has 4 nitrogen and oxygen atoms in total. The Bertz CT molecular complexity index is 738. The molecule has 2 aromatic rings. The van der Waals surface area contributed by atoms with E-state index in [2.05, 4.69) is 10.6 Å². The smallest absolute Gasteiger partial charge is 0.252 e. The van der Waals surface area contributed by atoms with Crippen LogP contribution in [0.1, 0.15) is 20.7 Å². The van der Waals surface area contributed by atoms with Crippen LogP contribution in [0, 0.1) is 5.82 Å². The highest BCUT2D eigenvalue weighted by atomic mass is 35.5. The van der Waals surface area contributed by atoms with E-state index >= 15 is 0 Å². The zero-order valence-corrected chi connectivity index (χ0v) is 13.4. The summed E-state index contributed by atoms with van der Waals surface area (Å²) in [4.78, 5) is 23.7. The molecule has 0 saturated carbocycles. The van der Waals surface area contributed by atoms with Crippen LogP contribution in [0.5, 0.6) is 0 Å². The second-order valence-electron chi connectivity index (χ2n) is 4.65. The predicted octanol–water partition coefficient (Wildman–Crippen LogP) is 3.29. The van der Waals surface area contributed by atoms with E-state index in [1.165, 1.54) is 30.3 Å². The number of rotatable bonds is 5. The molecule has 7 heteroatoms. The molecular weight excluding hydrogens is 342 g/mol. The standard InChI is InChI=1S/C16H13Cl2FN2O2/c17-11-4-5-13(14(18)9-11)16(23)21-7-6-20-15(22)10-2-1-3-12(19)8-10/h1-5,8-9H,6-7H2,(H,20,22)(H,21,23). The Kier molecular flexibility index (Phi) is 5.96. The lowest BCUT2D eigenvalue weighted by Gasteiger charge is -2.08. The number of amides is 2. The molecule has 0 radical (unpaired) electrons. The summed E-state index contributed by atoms with van der Waals surface area (Å²) in [5.74, 6) is -1.27. The minimum Gasteiger partial charge on any atom is -0.350 e. The molecule has 23 heavy (non-hydrogen) atoms. The van der Waals surface area contributed by atoms with E-state index in [0.717, 1.165) is 6.07 Å². The molecule has 0 heterocycles. The third-order valence-corrected chi connectivity index (χ3v) is 3.51. The van der Waals surface area contributed by atoms with Gasteiger partial charge in [0.25, 0.3) is 11.8 Å². The topological polar surface area (TPSA) is 58.2 Å². The fourth-order valence-electron chi connectivity index (χ4n) is 1.85. The molecule has 2 aromatic carbocycles. The Morgan fingerprint density at radius 3 is 2.30 bits per heavy atom. The molecule has 0 aliphatic rings. The van der Waals surface area contributed by atoms with Gasteiger partial charge in [0.1, 0.15) is 5.82 Å². The molecule has 0 bridgehead atoms. The average Bonchev–Trinajstić information content (AvgIpc) is 2.51. The number of benzene rings is 2. The molecule has 0 unspecified atom stereocenters. The summed E-state index contributed by atoms with van der Waals surface area (Å²) in [5.41, 5.74) is 0.518. The van der Waals surface area contributed by atoms with Gasteiger partial charge in [-0.25, -0.2) is 4.39 Å². The van der Waals surface area contributed by atoms with Crippen LogP contribution < -0.4 is 10.6 Å². The van der Waals surface area contributed by atoms with Gasteiger partial charge >= 0.3 is 0 Å². The van der Waals surface area contributed by atoms with E-state index in [1.54, 1.807) is 6.07 Å². The second-order valence-corrected chi connectivity index (χ2v) is 5.49. The van der Waals surface area contributed by atoms with Crippen molar-refractivity contribution in [3.8, 4) is 0 Å². The van der Waals surface area contributed by atoms with Gasteiger partial charge in [-0.15, -0.1) is 0 Å². The summed E-state index contributed by atoms with van der Waals surface area (Å²) in [7, 11) is 0. The van der Waals surface area contributed by atoms with Crippen LogP contribution in [-0.4, -0.2) is 24.9 Å². The number of hydrogen-bond acceptors (Lipinski definition) is 2. The van der Waals surface area contributed by atoms with Gasteiger partial charge in [0.15, 0.2) is 0 Å². The van der Waals surface area contributed by atoms with Crippen LogP contribution in [0.3, 0.4) is 0 Å². The van der Waals surface area contributed by atoms with Gasteiger partial charge in [-0.1, -0.05) is 29.3 Å². The summed E-state index contributed by atoms with van der Waals surface area (Å²) in [6.07, 6.45) is 0. The van der Waals surface area contributed by atoms with E-state index in [9.17, 15) is 14.0 Å². The molecule has 2 N–H and O–H groups in total. The summed E-state index contributed by atoms with van der Waals surface area (Å²) in [6.45, 7) is 0.408. The summed E-state index contributed by atoms with van der Waals surface area (Å²) in [5, 5.41) is 5.89. The van der Waals surface area contributed by atoms with Gasteiger partial charge in [0.2, 0.25) is 0 Å². The quantitative estimate of drug-likeness (QED) is 0.809. The normalized spacial score (nSPS) is 10.2. The van der Waals surface area contributed by atoms with Crippen LogP contribution in [0.4, 0.5) is 4.39 Å². The van der Waals surface area contributed by atoms with Crippen LogP contribution >= 0.6 is 23.2 Å². The van der Waals surface area contributed by atoms with Crippen molar-refractivity contribution < 1.29 is 14.0 Å². The molecule has 2 rings (SSSR count). The maximum atomic E-state index is 13.0. The third kappa shape index (κ3) is 4.94. The minimum atomic E-state index is -0.483. The second kappa shape index (κ2) is 7.94. The van der Waals surface area contributed by atoms with E-state index in [1.807, 2.05) is 0 Å². The third-order valence-electron chi connectivity index (χ3n) is 2.96. The van der Waals surface area contributed by atoms with Crippen molar-refractivity contribution in [1.29, 1.82) is 0 Å². The van der Waals surface area contributed by atoms with Crippen molar-refractivity contribution in [3.05, 3.63) is 69.5 Å². The van der Waals surface area contributed by atoms with Crippen molar-refractivity contribution in [2.24, 2.45) is 0 Å². The lowest BCUT2D eigenvalue weighted by molar-refractivity contribution is 0.0927. The predicted molar refractivity (Wildman–Crippen MR) is 87.5 cm³/mol. The molecule has 0 aromatic heterocycles. The van der Waals surface area contributed by atoms with E-state index in [-0.39, 0.29) is 29.6 Å². The first-order valence-electron chi connectivity index (χ1n) is 6.74. The highest BCUT2D eigenvalue weighted by Gasteiger charge is 2.10. The number of carbonyl (C=O) groups excluding carboxylic acids is 2. The summed E-state index contributed by atoms with van der Waals surface area (Å²) >= 11 is 11.7. The zero-order valence-electron chi connectivity index (χ0n) is 11.9. The summed E-state index contributed by atoms with van der Waals surface area (Å²) in [6, 6.07) is 9.91. The van der Waals surface area contributed by atoms with Gasteiger partial charge in [0.05, 0.1) is 10.6 Å². The zero-order chi connectivity index (χ0) is 16.8. The highest BCUT2D eigenvalue weighted by Crippen LogP contribution is 2.20. The van der Waals surface area contributed by atoms with Crippen LogP contribution in [0.25, 0.3) is 0 Å². The van der Waals surface area contributed by atoms with Gasteiger partial charge in [0, 0.05) is 23.7 Å². The minimum absolute atomic E-state index is 0.201. The van der Waals surface area contributed by atoms with Gasteiger partial charge < -0.3 is 10.6 Å². The molecule has 0 aliphatic heterocycles. The molecule has 0 saturated heterocycles. The SMILES string of the molecule is O=C(NCCNC(=O)c1ccc(Cl)cc1Cl)c1cccc(F)c1. The Morgan fingerprint density at radius 2 is 1.65 bits per heavy atom. The lowest BCUT2D eigenvalue weighted by atomic mass is 10.2. The van der Waals surface area contributed by atoms with Gasteiger partial charge in [-0.3, -0.25) is 9.59 Å². The van der Waals surface area contributed by atoms with Gasteiger partial charge in [-0.2, -0.15) is 0 Å². The fourth-order valence-corrected chi connectivity index (χ4v) is 2.35. The Labute approximate surface area is 142 Å². The highest BCUT2D eigenvalue weighted by molar-refractivity contribution is 6.36. The Balaban J connectivity index is 1.81. The maximum Gasteiger partial charge on any atom is 0.252 e. The molecule has 2 amide bonds. The number of nitrogens with one attached hydrogen (secondary N) is 2. The van der Waals surface area contributed by atoms with E-state index in [4.69, 9.17) is 23.2 Å². The maximum absolute atomic E-state index is 13.0.